The van der Waals surface area contributed by atoms with E-state index < -0.39 is 10.0 Å². The van der Waals surface area contributed by atoms with E-state index in [1.807, 2.05) is 0 Å². The molecule has 1 fully saturated rings. The highest BCUT2D eigenvalue weighted by Gasteiger charge is 2.33. The van der Waals surface area contributed by atoms with Gasteiger partial charge in [-0.05, 0) is 67.9 Å². The summed E-state index contributed by atoms with van der Waals surface area (Å²) >= 11 is 1.52. The molecule has 1 saturated heterocycles. The summed E-state index contributed by atoms with van der Waals surface area (Å²) in [5.74, 6) is 0.783. The molecule has 170 valence electrons. The second-order valence-electron chi connectivity index (χ2n) is 8.51. The lowest BCUT2D eigenvalue weighted by atomic mass is 9.88. The molecule has 1 aromatic carbocycles. The van der Waals surface area contributed by atoms with Gasteiger partial charge in [-0.3, -0.25) is 4.79 Å². The third-order valence-electron chi connectivity index (χ3n) is 6.38. The average Bonchev–Trinajstić information content (AvgIpc) is 3.14. The van der Waals surface area contributed by atoms with Crippen molar-refractivity contribution < 1.29 is 17.9 Å². The number of carbonyl (C=O) groups is 1. The normalized spacial score (nSPS) is 19.7. The number of anilines is 1. The van der Waals surface area contributed by atoms with Crippen molar-refractivity contribution in [2.24, 2.45) is 11.8 Å². The van der Waals surface area contributed by atoms with Crippen molar-refractivity contribution in [1.29, 1.82) is 5.26 Å². The maximum atomic E-state index is 12.9. The van der Waals surface area contributed by atoms with Gasteiger partial charge in [0.25, 0.3) is 0 Å². The van der Waals surface area contributed by atoms with Crippen LogP contribution in [0.1, 0.15) is 42.2 Å². The molecule has 1 amide bonds. The number of carbonyl (C=O) groups excluding carboxylic acids is 1. The quantitative estimate of drug-likeness (QED) is 0.712. The Kier molecular flexibility index (Phi) is 6.56. The Labute approximate surface area is 193 Å². The maximum absolute atomic E-state index is 12.9. The predicted octanol–water partition coefficient (Wildman–Crippen LogP) is 3.79. The summed E-state index contributed by atoms with van der Waals surface area (Å²) in [7, 11) is -2.08. The first-order chi connectivity index (χ1) is 15.3. The molecule has 0 unspecified atom stereocenters. The molecular weight excluding hydrogens is 446 g/mol. The van der Waals surface area contributed by atoms with Crippen molar-refractivity contribution in [3.05, 3.63) is 40.3 Å². The molecule has 1 N–H and O–H groups in total. The van der Waals surface area contributed by atoms with E-state index >= 15 is 0 Å². The van der Waals surface area contributed by atoms with E-state index in [0.717, 1.165) is 24.8 Å². The SMILES string of the molecule is COc1ccc(S(=O)(=O)N2CCC(C(=O)Nc3sc4c(c3C#N)CC[C@@H](C)C4)CC2)cc1. The largest absolute Gasteiger partial charge is 0.497 e. The first kappa shape index (κ1) is 22.8. The molecule has 0 bridgehead atoms. The van der Waals surface area contributed by atoms with Gasteiger partial charge in [0.2, 0.25) is 15.9 Å². The lowest BCUT2D eigenvalue weighted by molar-refractivity contribution is -0.120. The third kappa shape index (κ3) is 4.40. The van der Waals surface area contributed by atoms with Crippen LogP contribution in [0.5, 0.6) is 5.75 Å². The van der Waals surface area contributed by atoms with Crippen molar-refractivity contribution in [2.45, 2.75) is 43.9 Å². The fraction of sp³-hybridized carbons (Fsp3) is 0.478. The Hall–Kier alpha value is -2.41. The number of benzene rings is 1. The Morgan fingerprint density at radius 1 is 1.22 bits per heavy atom. The van der Waals surface area contributed by atoms with Gasteiger partial charge < -0.3 is 10.1 Å². The van der Waals surface area contributed by atoms with E-state index in [0.29, 0.717) is 35.1 Å². The second kappa shape index (κ2) is 9.22. The zero-order valence-electron chi connectivity index (χ0n) is 18.3. The predicted molar refractivity (Wildman–Crippen MR) is 123 cm³/mol. The van der Waals surface area contributed by atoms with Gasteiger partial charge in [-0.1, -0.05) is 6.92 Å². The smallest absolute Gasteiger partial charge is 0.243 e. The zero-order chi connectivity index (χ0) is 22.9. The molecule has 7 nitrogen and oxygen atoms in total. The summed E-state index contributed by atoms with van der Waals surface area (Å²) in [6, 6.07) is 8.61. The number of hydrogen-bond donors (Lipinski definition) is 1. The minimum Gasteiger partial charge on any atom is -0.497 e. The van der Waals surface area contributed by atoms with Crippen LogP contribution in [-0.4, -0.2) is 38.8 Å². The van der Waals surface area contributed by atoms with Crippen LogP contribution < -0.4 is 10.1 Å². The molecule has 1 atom stereocenters. The first-order valence-electron chi connectivity index (χ1n) is 10.8. The molecule has 2 heterocycles. The van der Waals surface area contributed by atoms with Crippen LogP contribution in [0.2, 0.25) is 0 Å². The van der Waals surface area contributed by atoms with Gasteiger partial charge in [-0.25, -0.2) is 8.42 Å². The van der Waals surface area contributed by atoms with Crippen molar-refractivity contribution in [2.75, 3.05) is 25.5 Å². The van der Waals surface area contributed by atoms with E-state index in [-0.39, 0.29) is 29.8 Å². The number of sulfonamides is 1. The van der Waals surface area contributed by atoms with Crippen molar-refractivity contribution in [1.82, 2.24) is 4.31 Å². The Morgan fingerprint density at radius 2 is 1.91 bits per heavy atom. The van der Waals surface area contributed by atoms with Gasteiger partial charge in [0.15, 0.2) is 0 Å². The minimum absolute atomic E-state index is 0.130. The first-order valence-corrected chi connectivity index (χ1v) is 13.1. The number of amides is 1. The van der Waals surface area contributed by atoms with Gasteiger partial charge in [0.1, 0.15) is 16.8 Å². The highest BCUT2D eigenvalue weighted by atomic mass is 32.2. The number of nitriles is 1. The van der Waals surface area contributed by atoms with Crippen LogP contribution in [0.25, 0.3) is 0 Å². The number of thiophene rings is 1. The molecule has 0 radical (unpaired) electrons. The van der Waals surface area contributed by atoms with Crippen molar-refractivity contribution in [3.63, 3.8) is 0 Å². The highest BCUT2D eigenvalue weighted by Crippen LogP contribution is 2.39. The molecule has 1 aliphatic heterocycles. The van der Waals surface area contributed by atoms with E-state index in [9.17, 15) is 18.5 Å². The lowest BCUT2D eigenvalue weighted by Crippen LogP contribution is -2.41. The van der Waals surface area contributed by atoms with E-state index in [2.05, 4.69) is 18.3 Å². The van der Waals surface area contributed by atoms with Crippen LogP contribution in [0.4, 0.5) is 5.00 Å². The molecule has 0 saturated carbocycles. The highest BCUT2D eigenvalue weighted by molar-refractivity contribution is 7.89. The topological polar surface area (TPSA) is 99.5 Å². The molecule has 1 aliphatic carbocycles. The average molecular weight is 474 g/mol. The molecule has 2 aliphatic rings. The fourth-order valence-corrected chi connectivity index (χ4v) is 7.26. The summed E-state index contributed by atoms with van der Waals surface area (Å²) in [6.45, 7) is 2.78. The fourth-order valence-electron chi connectivity index (χ4n) is 4.43. The number of hydrogen-bond acceptors (Lipinski definition) is 6. The van der Waals surface area contributed by atoms with Crippen LogP contribution in [-0.2, 0) is 27.7 Å². The molecular formula is C23H27N3O4S2. The van der Waals surface area contributed by atoms with E-state index in [1.54, 1.807) is 12.1 Å². The van der Waals surface area contributed by atoms with Gasteiger partial charge in [0, 0.05) is 23.9 Å². The number of methoxy groups -OCH3 is 1. The molecule has 2 aromatic rings. The summed E-state index contributed by atoms with van der Waals surface area (Å²) < 4.78 is 32.4. The van der Waals surface area contributed by atoms with E-state index in [4.69, 9.17) is 4.74 Å². The maximum Gasteiger partial charge on any atom is 0.243 e. The standard InChI is InChI=1S/C23H27N3O4S2/c1-15-3-8-19-20(14-24)23(31-21(19)13-15)25-22(27)16-9-11-26(12-10-16)32(28,29)18-6-4-17(30-2)5-7-18/h4-7,15-16H,3,8-13H2,1-2H3,(H,25,27)/t15-/m1/s1. The van der Waals surface area contributed by atoms with Crippen LogP contribution in [0, 0.1) is 23.2 Å². The number of ether oxygens (including phenoxy) is 1. The van der Waals surface area contributed by atoms with Gasteiger partial charge >= 0.3 is 0 Å². The lowest BCUT2D eigenvalue weighted by Gasteiger charge is -2.30. The summed E-state index contributed by atoms with van der Waals surface area (Å²) in [6.07, 6.45) is 3.79. The van der Waals surface area contributed by atoms with E-state index in [1.165, 1.54) is 39.8 Å². The Morgan fingerprint density at radius 3 is 2.53 bits per heavy atom. The van der Waals surface area contributed by atoms with Crippen molar-refractivity contribution >= 4 is 32.3 Å². The van der Waals surface area contributed by atoms with Crippen molar-refractivity contribution in [3.8, 4) is 11.8 Å². The number of piperidine rings is 1. The van der Waals surface area contributed by atoms with Gasteiger partial charge in [-0.2, -0.15) is 9.57 Å². The third-order valence-corrected chi connectivity index (χ3v) is 9.46. The van der Waals surface area contributed by atoms with Crippen LogP contribution in [0.3, 0.4) is 0 Å². The minimum atomic E-state index is -3.61. The number of fused-ring (bicyclic) bond motifs is 1. The van der Waals surface area contributed by atoms with Crippen LogP contribution >= 0.6 is 11.3 Å². The Bertz CT molecular complexity index is 1140. The van der Waals surface area contributed by atoms with Crippen LogP contribution in [0.15, 0.2) is 29.2 Å². The second-order valence-corrected chi connectivity index (χ2v) is 11.6. The molecule has 0 spiro atoms. The monoisotopic (exact) mass is 473 g/mol. The van der Waals surface area contributed by atoms with Gasteiger partial charge in [-0.15, -0.1) is 11.3 Å². The summed E-state index contributed by atoms with van der Waals surface area (Å²) in [5, 5.41) is 13.3. The number of nitrogens with one attached hydrogen (secondary N) is 1. The summed E-state index contributed by atoms with van der Waals surface area (Å²) in [5.41, 5.74) is 1.69. The number of rotatable bonds is 5. The van der Waals surface area contributed by atoms with Gasteiger partial charge in [0.05, 0.1) is 17.6 Å². The number of nitrogens with zero attached hydrogens (tertiary/aromatic N) is 2. The molecule has 1 aromatic heterocycles. The summed E-state index contributed by atoms with van der Waals surface area (Å²) in [4.78, 5) is 14.3. The molecule has 4 rings (SSSR count). The Balaban J connectivity index is 1.40. The molecule has 9 heteroatoms. The molecule has 32 heavy (non-hydrogen) atoms. The zero-order valence-corrected chi connectivity index (χ0v) is 19.9.